The number of hydrogen-bond acceptors (Lipinski definition) is 4. The molecular weight excluding hydrogens is 382 g/mol. The smallest absolute Gasteiger partial charge is 0.276 e. The Morgan fingerprint density at radius 3 is 2.53 bits per heavy atom. The van der Waals surface area contributed by atoms with Gasteiger partial charge in [-0.2, -0.15) is 0 Å². The molecule has 0 aliphatic carbocycles. The minimum atomic E-state index is -0.714. The third kappa shape index (κ3) is 5.14. The molecule has 0 aliphatic heterocycles. The number of amides is 2. The van der Waals surface area contributed by atoms with E-state index < -0.39 is 17.4 Å². The SMILES string of the molecule is CCc1ccccc1OCC(=O)NNC(=O)c1ccc(-c2cccc(C)c2)[nH]c1=O. The van der Waals surface area contributed by atoms with E-state index in [0.29, 0.717) is 11.4 Å². The lowest BCUT2D eigenvalue weighted by Crippen LogP contribution is -2.45. The molecule has 1 heterocycles. The highest BCUT2D eigenvalue weighted by atomic mass is 16.5. The summed E-state index contributed by atoms with van der Waals surface area (Å²) in [6.07, 6.45) is 0.774. The summed E-state index contributed by atoms with van der Waals surface area (Å²) in [5, 5.41) is 0. The van der Waals surface area contributed by atoms with Gasteiger partial charge in [-0.05, 0) is 48.7 Å². The van der Waals surface area contributed by atoms with Crippen LogP contribution in [0.5, 0.6) is 5.75 Å². The van der Waals surface area contributed by atoms with Crippen LogP contribution in [0.1, 0.15) is 28.4 Å². The molecule has 2 aromatic carbocycles. The summed E-state index contributed by atoms with van der Waals surface area (Å²) in [6.45, 7) is 3.68. The Balaban J connectivity index is 1.58. The van der Waals surface area contributed by atoms with Gasteiger partial charge in [-0.15, -0.1) is 0 Å². The predicted molar refractivity (Wildman–Crippen MR) is 114 cm³/mol. The molecule has 3 rings (SSSR count). The van der Waals surface area contributed by atoms with Gasteiger partial charge in [-0.25, -0.2) is 0 Å². The molecule has 2 amide bonds. The van der Waals surface area contributed by atoms with E-state index in [2.05, 4.69) is 15.8 Å². The second-order valence-electron chi connectivity index (χ2n) is 6.74. The van der Waals surface area contributed by atoms with Gasteiger partial charge in [0.15, 0.2) is 6.61 Å². The molecule has 0 fully saturated rings. The number of pyridine rings is 1. The Morgan fingerprint density at radius 1 is 1.00 bits per heavy atom. The third-order valence-corrected chi connectivity index (χ3v) is 4.51. The molecule has 0 aliphatic rings. The van der Waals surface area contributed by atoms with Crippen LogP contribution in [0.2, 0.25) is 0 Å². The topological polar surface area (TPSA) is 100 Å². The van der Waals surface area contributed by atoms with Crippen LogP contribution in [-0.2, 0) is 11.2 Å². The lowest BCUT2D eigenvalue weighted by molar-refractivity contribution is -0.123. The van der Waals surface area contributed by atoms with Gasteiger partial charge in [0, 0.05) is 5.69 Å². The van der Waals surface area contributed by atoms with E-state index in [-0.39, 0.29) is 12.2 Å². The van der Waals surface area contributed by atoms with E-state index in [1.807, 2.05) is 56.3 Å². The summed E-state index contributed by atoms with van der Waals surface area (Å²) in [5.41, 5.74) is 7.32. The lowest BCUT2D eigenvalue weighted by Gasteiger charge is -2.11. The molecule has 0 bridgehead atoms. The summed E-state index contributed by atoms with van der Waals surface area (Å²) in [4.78, 5) is 39.2. The van der Waals surface area contributed by atoms with E-state index in [1.54, 1.807) is 12.1 Å². The number of hydrogen-bond donors (Lipinski definition) is 3. The maximum Gasteiger partial charge on any atom is 0.276 e. The van der Waals surface area contributed by atoms with Crippen LogP contribution < -0.4 is 21.1 Å². The molecule has 0 saturated heterocycles. The van der Waals surface area contributed by atoms with Gasteiger partial charge in [0.05, 0.1) is 0 Å². The molecule has 0 saturated carbocycles. The van der Waals surface area contributed by atoms with Crippen molar-refractivity contribution >= 4 is 11.8 Å². The summed E-state index contributed by atoms with van der Waals surface area (Å²) >= 11 is 0. The maximum atomic E-state index is 12.3. The van der Waals surface area contributed by atoms with Crippen molar-refractivity contribution < 1.29 is 14.3 Å². The molecule has 0 atom stereocenters. The minimum absolute atomic E-state index is 0.107. The van der Waals surface area contributed by atoms with Gasteiger partial charge in [0.2, 0.25) is 0 Å². The Kier molecular flexibility index (Phi) is 6.64. The molecule has 3 N–H and O–H groups in total. The predicted octanol–water partition coefficient (Wildman–Crippen LogP) is 2.75. The van der Waals surface area contributed by atoms with Crippen molar-refractivity contribution in [3.8, 4) is 17.0 Å². The normalized spacial score (nSPS) is 10.3. The summed E-state index contributed by atoms with van der Waals surface area (Å²) < 4.78 is 5.49. The van der Waals surface area contributed by atoms with Gasteiger partial charge < -0.3 is 9.72 Å². The van der Waals surface area contributed by atoms with Crippen molar-refractivity contribution in [2.45, 2.75) is 20.3 Å². The zero-order valence-electron chi connectivity index (χ0n) is 16.8. The van der Waals surface area contributed by atoms with Crippen LogP contribution in [0, 0.1) is 6.92 Å². The summed E-state index contributed by atoms with van der Waals surface area (Å²) in [5.74, 6) is -0.638. The second kappa shape index (κ2) is 9.56. The lowest BCUT2D eigenvalue weighted by atomic mass is 10.1. The van der Waals surface area contributed by atoms with Gasteiger partial charge in [0.25, 0.3) is 17.4 Å². The van der Waals surface area contributed by atoms with Gasteiger partial charge in [-0.1, -0.05) is 48.9 Å². The molecular formula is C23H23N3O4. The van der Waals surface area contributed by atoms with E-state index >= 15 is 0 Å². The average molecular weight is 405 g/mol. The van der Waals surface area contributed by atoms with Crippen molar-refractivity contribution in [3.05, 3.63) is 87.7 Å². The molecule has 7 nitrogen and oxygen atoms in total. The number of benzene rings is 2. The first kappa shape index (κ1) is 20.9. The summed E-state index contributed by atoms with van der Waals surface area (Å²) in [6, 6.07) is 18.1. The number of hydrazine groups is 1. The van der Waals surface area contributed by atoms with Crippen LogP contribution in [0.25, 0.3) is 11.3 Å². The highest BCUT2D eigenvalue weighted by Crippen LogP contribution is 2.18. The van der Waals surface area contributed by atoms with Gasteiger partial charge in [0.1, 0.15) is 11.3 Å². The van der Waals surface area contributed by atoms with Crippen molar-refractivity contribution in [2.24, 2.45) is 0 Å². The van der Waals surface area contributed by atoms with E-state index in [0.717, 1.165) is 23.1 Å². The zero-order valence-corrected chi connectivity index (χ0v) is 16.8. The Hall–Kier alpha value is -3.87. The Morgan fingerprint density at radius 2 is 1.80 bits per heavy atom. The van der Waals surface area contributed by atoms with Crippen molar-refractivity contribution in [2.75, 3.05) is 6.61 Å². The number of H-pyrrole nitrogens is 1. The fourth-order valence-corrected chi connectivity index (χ4v) is 2.94. The molecule has 1 aromatic heterocycles. The first-order chi connectivity index (χ1) is 14.5. The number of para-hydroxylation sites is 1. The number of aryl methyl sites for hydroxylation is 2. The van der Waals surface area contributed by atoms with Crippen LogP contribution in [-0.4, -0.2) is 23.4 Å². The van der Waals surface area contributed by atoms with Crippen LogP contribution >= 0.6 is 0 Å². The fourth-order valence-electron chi connectivity index (χ4n) is 2.94. The van der Waals surface area contributed by atoms with Crippen LogP contribution in [0.15, 0.2) is 65.5 Å². The first-order valence-electron chi connectivity index (χ1n) is 9.58. The number of rotatable bonds is 6. The van der Waals surface area contributed by atoms with Crippen molar-refractivity contribution in [1.82, 2.24) is 15.8 Å². The van der Waals surface area contributed by atoms with Crippen molar-refractivity contribution in [3.63, 3.8) is 0 Å². The number of aromatic amines is 1. The molecule has 3 aromatic rings. The van der Waals surface area contributed by atoms with Crippen LogP contribution in [0.4, 0.5) is 0 Å². The zero-order chi connectivity index (χ0) is 21.5. The number of carbonyl (C=O) groups excluding carboxylic acids is 2. The second-order valence-corrected chi connectivity index (χ2v) is 6.74. The third-order valence-electron chi connectivity index (χ3n) is 4.51. The molecule has 154 valence electrons. The molecule has 0 radical (unpaired) electrons. The Labute approximate surface area is 174 Å². The van der Waals surface area contributed by atoms with Gasteiger partial charge in [-0.3, -0.25) is 25.2 Å². The average Bonchev–Trinajstić information content (AvgIpc) is 2.76. The minimum Gasteiger partial charge on any atom is -0.483 e. The summed E-state index contributed by atoms with van der Waals surface area (Å²) in [7, 11) is 0. The number of aromatic nitrogens is 1. The highest BCUT2D eigenvalue weighted by molar-refractivity contribution is 5.95. The van der Waals surface area contributed by atoms with Crippen molar-refractivity contribution in [1.29, 1.82) is 0 Å². The monoisotopic (exact) mass is 405 g/mol. The number of ether oxygens (including phenoxy) is 1. The molecule has 0 unspecified atom stereocenters. The van der Waals surface area contributed by atoms with Gasteiger partial charge >= 0.3 is 0 Å². The quantitative estimate of drug-likeness (QED) is 0.549. The van der Waals surface area contributed by atoms with E-state index in [1.165, 1.54) is 6.07 Å². The number of nitrogens with one attached hydrogen (secondary N) is 3. The first-order valence-corrected chi connectivity index (χ1v) is 9.58. The molecule has 30 heavy (non-hydrogen) atoms. The largest absolute Gasteiger partial charge is 0.483 e. The fraction of sp³-hybridized carbons (Fsp3) is 0.174. The molecule has 0 spiro atoms. The maximum absolute atomic E-state index is 12.3. The number of carbonyl (C=O) groups is 2. The van der Waals surface area contributed by atoms with Crippen LogP contribution in [0.3, 0.4) is 0 Å². The highest BCUT2D eigenvalue weighted by Gasteiger charge is 2.13. The Bertz CT molecular complexity index is 1120. The van der Waals surface area contributed by atoms with E-state index in [4.69, 9.17) is 4.74 Å². The van der Waals surface area contributed by atoms with E-state index in [9.17, 15) is 14.4 Å². The molecule has 7 heteroatoms. The standard InChI is InChI=1S/C23H23N3O4/c1-3-16-8-4-5-10-20(16)30-14-21(27)25-26-23(29)18-11-12-19(24-22(18)28)17-9-6-7-15(2)13-17/h4-13H,3,14H2,1-2H3,(H,24,28)(H,25,27)(H,26,29).